The van der Waals surface area contributed by atoms with Crippen molar-refractivity contribution < 1.29 is 0 Å². The third-order valence-corrected chi connectivity index (χ3v) is 1.88. The van der Waals surface area contributed by atoms with Gasteiger partial charge in [-0.3, -0.25) is 0 Å². The summed E-state index contributed by atoms with van der Waals surface area (Å²) in [6, 6.07) is 10.3. The number of hydrogen-bond donors (Lipinski definition) is 0. The van der Waals surface area contributed by atoms with Crippen molar-refractivity contribution in [1.82, 2.24) is 0 Å². The molecule has 3 radical (unpaired) electrons. The molecule has 0 nitrogen and oxygen atoms in total. The third-order valence-electron chi connectivity index (χ3n) is 1.45. The molecule has 0 atom stereocenters. The molecule has 1 heteroatoms. The van der Waals surface area contributed by atoms with Gasteiger partial charge in [0.05, 0.1) is 10.2 Å². The average molecular weight is 145 g/mol. The van der Waals surface area contributed by atoms with Crippen LogP contribution in [0, 0.1) is 0 Å². The van der Waals surface area contributed by atoms with Crippen LogP contribution in [0.4, 0.5) is 0 Å². The molecule has 10 heavy (non-hydrogen) atoms. The van der Waals surface area contributed by atoms with Crippen molar-refractivity contribution in [1.29, 1.82) is 0 Å². The standard InChI is InChI=1S/C9H9Si/c1-8(7-10)9-5-3-2-4-6-9/h2-7H,1H3. The Morgan fingerprint density at radius 1 is 1.30 bits per heavy atom. The minimum atomic E-state index is 1.25. The van der Waals surface area contributed by atoms with Crippen molar-refractivity contribution in [3.63, 3.8) is 0 Å². The third kappa shape index (κ3) is 1.58. The monoisotopic (exact) mass is 145 g/mol. The highest BCUT2D eigenvalue weighted by molar-refractivity contribution is 6.20. The lowest BCUT2D eigenvalue weighted by Crippen LogP contribution is -1.76. The van der Waals surface area contributed by atoms with Gasteiger partial charge in [0.25, 0.3) is 0 Å². The Labute approximate surface area is 65.0 Å². The molecule has 0 spiro atoms. The summed E-state index contributed by atoms with van der Waals surface area (Å²) in [5.41, 5.74) is 4.43. The molecule has 1 aromatic rings. The zero-order valence-electron chi connectivity index (χ0n) is 5.96. The van der Waals surface area contributed by atoms with Crippen molar-refractivity contribution in [2.45, 2.75) is 6.92 Å². The highest BCUT2D eigenvalue weighted by Gasteiger charge is 1.88. The normalized spacial score (nSPS) is 11.6. The van der Waals surface area contributed by atoms with E-state index in [-0.39, 0.29) is 0 Å². The van der Waals surface area contributed by atoms with E-state index in [1.807, 2.05) is 23.9 Å². The zero-order valence-corrected chi connectivity index (χ0v) is 6.96. The molecule has 1 aromatic carbocycles. The smallest absolute Gasteiger partial charge is 0.0604 e. The van der Waals surface area contributed by atoms with Gasteiger partial charge in [0.15, 0.2) is 0 Å². The number of benzene rings is 1. The predicted molar refractivity (Wildman–Crippen MR) is 45.8 cm³/mol. The molecule has 0 heterocycles. The molecular weight excluding hydrogens is 136 g/mol. The summed E-state index contributed by atoms with van der Waals surface area (Å²) in [7, 11) is 3.34. The number of hydrogen-bond acceptors (Lipinski definition) is 0. The van der Waals surface area contributed by atoms with E-state index in [4.69, 9.17) is 0 Å². The van der Waals surface area contributed by atoms with Crippen molar-refractivity contribution in [3.8, 4) is 0 Å². The molecule has 0 aliphatic carbocycles. The van der Waals surface area contributed by atoms with Crippen molar-refractivity contribution in [3.05, 3.63) is 41.6 Å². The van der Waals surface area contributed by atoms with Crippen LogP contribution in [-0.2, 0) is 0 Å². The summed E-state index contributed by atoms with van der Waals surface area (Å²) < 4.78 is 0. The lowest BCUT2D eigenvalue weighted by molar-refractivity contribution is 1.58. The first-order valence-electron chi connectivity index (χ1n) is 3.24. The quantitative estimate of drug-likeness (QED) is 0.531. The van der Waals surface area contributed by atoms with Gasteiger partial charge in [-0.2, -0.15) is 0 Å². The van der Waals surface area contributed by atoms with Gasteiger partial charge < -0.3 is 0 Å². The average Bonchev–Trinajstić information content (AvgIpc) is 2.05. The van der Waals surface area contributed by atoms with Crippen LogP contribution in [0.15, 0.2) is 36.0 Å². The fourth-order valence-corrected chi connectivity index (χ4v) is 0.951. The second-order valence-electron chi connectivity index (χ2n) is 2.19. The second kappa shape index (κ2) is 3.37. The van der Waals surface area contributed by atoms with Crippen molar-refractivity contribution in [2.24, 2.45) is 0 Å². The van der Waals surface area contributed by atoms with Gasteiger partial charge in [-0.1, -0.05) is 41.6 Å². The first-order valence-corrected chi connectivity index (χ1v) is 3.82. The van der Waals surface area contributed by atoms with E-state index < -0.39 is 0 Å². The lowest BCUT2D eigenvalue weighted by atomic mass is 10.1. The minimum Gasteiger partial charge on any atom is -0.0985 e. The summed E-state index contributed by atoms with van der Waals surface area (Å²) in [6.07, 6.45) is 0. The van der Waals surface area contributed by atoms with Gasteiger partial charge in [0, 0.05) is 0 Å². The highest BCUT2D eigenvalue weighted by Crippen LogP contribution is 2.10. The fourth-order valence-electron chi connectivity index (χ4n) is 0.784. The van der Waals surface area contributed by atoms with Gasteiger partial charge in [0.2, 0.25) is 0 Å². The second-order valence-corrected chi connectivity index (χ2v) is 2.48. The van der Waals surface area contributed by atoms with Crippen LogP contribution in [0.2, 0.25) is 0 Å². The van der Waals surface area contributed by atoms with E-state index in [0.29, 0.717) is 0 Å². The van der Waals surface area contributed by atoms with Crippen LogP contribution in [0.3, 0.4) is 0 Å². The molecule has 0 aliphatic rings. The lowest BCUT2D eigenvalue weighted by Gasteiger charge is -1.97. The minimum absolute atomic E-state index is 1.25. The largest absolute Gasteiger partial charge is 0.0985 e. The summed E-state index contributed by atoms with van der Waals surface area (Å²) in [5, 5.41) is 0. The molecule has 0 saturated heterocycles. The molecule has 0 fully saturated rings. The fraction of sp³-hybridized carbons (Fsp3) is 0.111. The Bertz CT molecular complexity index is 224. The SMILES string of the molecule is CC(=C[Si])c1ccccc1. The maximum Gasteiger partial charge on any atom is 0.0604 e. The van der Waals surface area contributed by atoms with Crippen LogP contribution >= 0.6 is 0 Å². The van der Waals surface area contributed by atoms with Crippen LogP contribution < -0.4 is 0 Å². The Hall–Kier alpha value is -0.823. The summed E-state index contributed by atoms with van der Waals surface area (Å²) in [6.45, 7) is 2.07. The number of allylic oxidation sites excluding steroid dienone is 1. The predicted octanol–water partition coefficient (Wildman–Crippen LogP) is 2.22. The van der Waals surface area contributed by atoms with E-state index in [1.165, 1.54) is 11.1 Å². The van der Waals surface area contributed by atoms with E-state index >= 15 is 0 Å². The summed E-state index contributed by atoms with van der Waals surface area (Å²) >= 11 is 0. The molecule has 0 amide bonds. The van der Waals surface area contributed by atoms with E-state index in [1.54, 1.807) is 0 Å². The van der Waals surface area contributed by atoms with Crippen LogP contribution in [0.5, 0.6) is 0 Å². The van der Waals surface area contributed by atoms with Gasteiger partial charge in [-0.15, -0.1) is 0 Å². The Morgan fingerprint density at radius 3 is 2.40 bits per heavy atom. The molecule has 0 aliphatic heterocycles. The zero-order chi connectivity index (χ0) is 7.40. The van der Waals surface area contributed by atoms with E-state index in [9.17, 15) is 0 Å². The maximum absolute atomic E-state index is 3.34. The summed E-state index contributed by atoms with van der Waals surface area (Å²) in [4.78, 5) is 0. The Kier molecular flexibility index (Phi) is 2.46. The molecule has 49 valence electrons. The molecular formula is C9H9Si. The molecule has 1 rings (SSSR count). The molecule has 0 saturated carbocycles. The van der Waals surface area contributed by atoms with Crippen molar-refractivity contribution >= 4 is 15.8 Å². The van der Waals surface area contributed by atoms with E-state index in [0.717, 1.165) is 0 Å². The molecule has 0 aromatic heterocycles. The Balaban J connectivity index is 2.96. The maximum atomic E-state index is 3.34. The topological polar surface area (TPSA) is 0 Å². The summed E-state index contributed by atoms with van der Waals surface area (Å²) in [5.74, 6) is 0. The molecule has 0 bridgehead atoms. The van der Waals surface area contributed by atoms with Gasteiger partial charge in [-0.05, 0) is 12.5 Å². The van der Waals surface area contributed by atoms with Gasteiger partial charge >= 0.3 is 0 Å². The Morgan fingerprint density at radius 2 is 1.90 bits per heavy atom. The first kappa shape index (κ1) is 7.29. The van der Waals surface area contributed by atoms with Crippen LogP contribution in [0.25, 0.3) is 5.57 Å². The van der Waals surface area contributed by atoms with Crippen LogP contribution in [0.1, 0.15) is 12.5 Å². The molecule has 0 unspecified atom stereocenters. The number of rotatable bonds is 1. The highest BCUT2D eigenvalue weighted by atomic mass is 28.1. The van der Waals surface area contributed by atoms with Gasteiger partial charge in [0.1, 0.15) is 0 Å². The van der Waals surface area contributed by atoms with Crippen LogP contribution in [-0.4, -0.2) is 10.2 Å². The first-order chi connectivity index (χ1) is 4.84. The molecule has 0 N–H and O–H groups in total. The van der Waals surface area contributed by atoms with E-state index in [2.05, 4.69) is 29.3 Å². The van der Waals surface area contributed by atoms with Gasteiger partial charge in [-0.25, -0.2) is 0 Å². The van der Waals surface area contributed by atoms with Crippen molar-refractivity contribution in [2.75, 3.05) is 0 Å².